The van der Waals surface area contributed by atoms with Crippen molar-refractivity contribution in [1.82, 2.24) is 4.90 Å². The quantitative estimate of drug-likeness (QED) is 0.657. The summed E-state index contributed by atoms with van der Waals surface area (Å²) < 4.78 is 11.1. The first-order valence-electron chi connectivity index (χ1n) is 6.95. The largest absolute Gasteiger partial charge is 0.353 e. The van der Waals surface area contributed by atoms with E-state index < -0.39 is 0 Å². The Hall–Kier alpha value is -0.160. The van der Waals surface area contributed by atoms with Crippen LogP contribution in [-0.4, -0.2) is 50.6 Å². The number of rotatable bonds is 8. The van der Waals surface area contributed by atoms with Gasteiger partial charge in [-0.15, -0.1) is 0 Å². The molecule has 2 N–H and O–H groups in total. The first-order valence-corrected chi connectivity index (χ1v) is 6.95. The summed E-state index contributed by atoms with van der Waals surface area (Å²) >= 11 is 0. The van der Waals surface area contributed by atoms with Crippen LogP contribution in [-0.2, 0) is 9.47 Å². The number of nitrogens with zero attached hydrogens (tertiary/aromatic N) is 1. The van der Waals surface area contributed by atoms with Gasteiger partial charge in [0.05, 0.1) is 0 Å². The number of ether oxygens (including phenoxy) is 2. The van der Waals surface area contributed by atoms with Gasteiger partial charge in [-0.25, -0.2) is 0 Å². The van der Waals surface area contributed by atoms with E-state index >= 15 is 0 Å². The van der Waals surface area contributed by atoms with E-state index in [0.29, 0.717) is 0 Å². The molecule has 1 fully saturated rings. The minimum Gasteiger partial charge on any atom is -0.353 e. The minimum atomic E-state index is -0.0303. The van der Waals surface area contributed by atoms with Gasteiger partial charge in [0, 0.05) is 26.2 Å². The lowest BCUT2D eigenvalue weighted by atomic mass is 9.97. The summed E-state index contributed by atoms with van der Waals surface area (Å²) in [6.45, 7) is 9.73. The molecule has 1 saturated heterocycles. The first-order chi connectivity index (χ1) is 8.30. The highest BCUT2D eigenvalue weighted by Crippen LogP contribution is 2.16. The molecule has 4 heteroatoms. The molecule has 1 heterocycles. The minimum absolute atomic E-state index is 0.0303. The summed E-state index contributed by atoms with van der Waals surface area (Å²) in [7, 11) is 0. The molecule has 0 amide bonds. The smallest absolute Gasteiger partial charge is 0.158 e. The molecule has 0 radical (unpaired) electrons. The van der Waals surface area contributed by atoms with Crippen LogP contribution < -0.4 is 5.73 Å². The second kappa shape index (κ2) is 8.86. The van der Waals surface area contributed by atoms with E-state index in [1.54, 1.807) is 0 Å². The van der Waals surface area contributed by atoms with Gasteiger partial charge in [-0.05, 0) is 52.2 Å². The van der Waals surface area contributed by atoms with Gasteiger partial charge >= 0.3 is 0 Å². The number of hydrogen-bond donors (Lipinski definition) is 1. The van der Waals surface area contributed by atoms with Crippen LogP contribution in [0, 0.1) is 5.92 Å². The van der Waals surface area contributed by atoms with Crippen molar-refractivity contribution < 1.29 is 9.47 Å². The third kappa shape index (κ3) is 5.82. The summed E-state index contributed by atoms with van der Waals surface area (Å²) in [6, 6.07) is 0. The predicted octanol–water partition coefficient (Wildman–Crippen LogP) is 1.45. The second-order valence-electron chi connectivity index (χ2n) is 4.65. The third-order valence-corrected chi connectivity index (χ3v) is 3.43. The zero-order valence-electron chi connectivity index (χ0n) is 11.4. The molecule has 0 aromatic rings. The van der Waals surface area contributed by atoms with E-state index in [9.17, 15) is 0 Å². The van der Waals surface area contributed by atoms with E-state index in [1.165, 1.54) is 25.9 Å². The molecule has 1 aliphatic rings. The molecule has 17 heavy (non-hydrogen) atoms. The van der Waals surface area contributed by atoms with Crippen molar-refractivity contribution in [2.45, 2.75) is 39.4 Å². The summed E-state index contributed by atoms with van der Waals surface area (Å²) in [5, 5.41) is 0. The van der Waals surface area contributed by atoms with Gasteiger partial charge in [0.1, 0.15) is 0 Å². The van der Waals surface area contributed by atoms with Crippen LogP contribution in [0.2, 0.25) is 0 Å². The molecule has 1 aliphatic heterocycles. The van der Waals surface area contributed by atoms with Crippen molar-refractivity contribution in [3.63, 3.8) is 0 Å². The topological polar surface area (TPSA) is 47.7 Å². The fourth-order valence-corrected chi connectivity index (χ4v) is 2.32. The van der Waals surface area contributed by atoms with Crippen molar-refractivity contribution in [2.24, 2.45) is 11.7 Å². The zero-order chi connectivity index (χ0) is 12.5. The van der Waals surface area contributed by atoms with Crippen molar-refractivity contribution >= 4 is 0 Å². The standard InChI is InChI=1S/C13H28N2O2/c1-3-16-13(17-4-2)7-10-15-8-5-12(11-14)6-9-15/h12-13H,3-11,14H2,1-2H3. The summed E-state index contributed by atoms with van der Waals surface area (Å²) in [5.74, 6) is 0.737. The Kier molecular flexibility index (Phi) is 7.77. The first kappa shape index (κ1) is 14.9. The molecule has 0 saturated carbocycles. The average molecular weight is 244 g/mol. The number of nitrogens with two attached hydrogens (primary N) is 1. The molecular formula is C13H28N2O2. The highest BCUT2D eigenvalue weighted by Gasteiger charge is 2.19. The van der Waals surface area contributed by atoms with Gasteiger partial charge in [-0.3, -0.25) is 0 Å². The number of hydrogen-bond acceptors (Lipinski definition) is 4. The van der Waals surface area contributed by atoms with Crippen molar-refractivity contribution in [3.8, 4) is 0 Å². The highest BCUT2D eigenvalue weighted by molar-refractivity contribution is 4.72. The van der Waals surface area contributed by atoms with Gasteiger partial charge < -0.3 is 20.1 Å². The monoisotopic (exact) mass is 244 g/mol. The van der Waals surface area contributed by atoms with Crippen LogP contribution >= 0.6 is 0 Å². The Morgan fingerprint density at radius 1 is 1.18 bits per heavy atom. The summed E-state index contributed by atoms with van der Waals surface area (Å²) in [5.41, 5.74) is 5.69. The van der Waals surface area contributed by atoms with Crippen LogP contribution in [0.5, 0.6) is 0 Å². The normalized spacial score (nSPS) is 19.1. The maximum absolute atomic E-state index is 5.69. The Morgan fingerprint density at radius 2 is 1.76 bits per heavy atom. The molecule has 102 valence electrons. The maximum Gasteiger partial charge on any atom is 0.158 e. The highest BCUT2D eigenvalue weighted by atomic mass is 16.7. The SMILES string of the molecule is CCOC(CCN1CCC(CN)CC1)OCC. The van der Waals surface area contributed by atoms with Gasteiger partial charge in [0.25, 0.3) is 0 Å². The van der Waals surface area contributed by atoms with Gasteiger partial charge in [-0.2, -0.15) is 0 Å². The number of piperidine rings is 1. The molecule has 1 rings (SSSR count). The van der Waals surface area contributed by atoms with E-state index in [-0.39, 0.29) is 6.29 Å². The molecule has 0 unspecified atom stereocenters. The lowest BCUT2D eigenvalue weighted by molar-refractivity contribution is -0.142. The van der Waals surface area contributed by atoms with Gasteiger partial charge in [0.2, 0.25) is 0 Å². The van der Waals surface area contributed by atoms with Crippen LogP contribution in [0.3, 0.4) is 0 Å². The predicted molar refractivity (Wildman–Crippen MR) is 69.9 cm³/mol. The number of likely N-dealkylation sites (tertiary alicyclic amines) is 1. The lowest BCUT2D eigenvalue weighted by Gasteiger charge is -2.32. The molecule has 0 bridgehead atoms. The second-order valence-corrected chi connectivity index (χ2v) is 4.65. The van der Waals surface area contributed by atoms with Gasteiger partial charge in [0.15, 0.2) is 6.29 Å². The molecular weight excluding hydrogens is 216 g/mol. The van der Waals surface area contributed by atoms with Crippen LogP contribution in [0.25, 0.3) is 0 Å². The summed E-state index contributed by atoms with van der Waals surface area (Å²) in [6.07, 6.45) is 3.42. The van der Waals surface area contributed by atoms with Gasteiger partial charge in [-0.1, -0.05) is 0 Å². The Bertz CT molecular complexity index is 176. The molecule has 0 spiro atoms. The third-order valence-electron chi connectivity index (χ3n) is 3.43. The molecule has 0 aromatic heterocycles. The molecule has 4 nitrogen and oxygen atoms in total. The van der Waals surface area contributed by atoms with Crippen LogP contribution in [0.4, 0.5) is 0 Å². The zero-order valence-corrected chi connectivity index (χ0v) is 11.4. The molecule has 0 aliphatic carbocycles. The van der Waals surface area contributed by atoms with E-state index in [2.05, 4.69) is 4.90 Å². The lowest BCUT2D eigenvalue weighted by Crippen LogP contribution is -2.38. The Morgan fingerprint density at radius 3 is 2.24 bits per heavy atom. The average Bonchev–Trinajstić information content (AvgIpc) is 2.37. The van der Waals surface area contributed by atoms with Crippen LogP contribution in [0.15, 0.2) is 0 Å². The molecule has 0 atom stereocenters. The van der Waals surface area contributed by atoms with E-state index in [0.717, 1.165) is 38.6 Å². The molecule has 0 aromatic carbocycles. The van der Waals surface area contributed by atoms with Crippen LogP contribution in [0.1, 0.15) is 33.1 Å². The van der Waals surface area contributed by atoms with Crippen molar-refractivity contribution in [3.05, 3.63) is 0 Å². The fraction of sp³-hybridized carbons (Fsp3) is 1.00. The Balaban J connectivity index is 2.16. The van der Waals surface area contributed by atoms with Crippen molar-refractivity contribution in [2.75, 3.05) is 39.4 Å². The maximum atomic E-state index is 5.69. The van der Waals surface area contributed by atoms with Crippen molar-refractivity contribution in [1.29, 1.82) is 0 Å². The van der Waals surface area contributed by atoms with E-state index in [1.807, 2.05) is 13.8 Å². The van der Waals surface area contributed by atoms with E-state index in [4.69, 9.17) is 15.2 Å². The fourth-order valence-electron chi connectivity index (χ4n) is 2.32. The summed E-state index contributed by atoms with van der Waals surface area (Å²) in [4.78, 5) is 2.50. The Labute approximate surface area is 105 Å².